The summed E-state index contributed by atoms with van der Waals surface area (Å²) in [6, 6.07) is 8.36. The second-order valence-electron chi connectivity index (χ2n) is 8.78. The molecule has 0 radical (unpaired) electrons. The second-order valence-corrected chi connectivity index (χ2v) is 8.78. The Bertz CT molecular complexity index is 676. The van der Waals surface area contributed by atoms with Crippen LogP contribution in [0.4, 0.5) is 0 Å². The van der Waals surface area contributed by atoms with Gasteiger partial charge in [-0.2, -0.15) is 0 Å². The van der Waals surface area contributed by atoms with Gasteiger partial charge in [0.1, 0.15) is 12.3 Å². The Hall–Kier alpha value is -2.04. The van der Waals surface area contributed by atoms with Crippen LogP contribution in [0.3, 0.4) is 0 Å². The summed E-state index contributed by atoms with van der Waals surface area (Å²) in [5.74, 6) is 2.65. The van der Waals surface area contributed by atoms with Gasteiger partial charge in [-0.1, -0.05) is 12.1 Å². The number of benzene rings is 1. The maximum Gasteiger partial charge on any atom is 0.325 e. The number of hydrogen-bond donors (Lipinski definition) is 1. The standard InChI is InChI=1S/C22H29NO4/c1-14(21(25)23-13-20(24)26-2)27-19-5-3-18(4-6-19)22-10-15-7-16(11-22)9-17(8-15)12-22/h3-6,14-17H,7-13H2,1-2H3,(H,23,25)/t14-,15?,16?,17?,22?/m0/s1. The molecule has 1 aromatic rings. The molecule has 5 nitrogen and oxygen atoms in total. The van der Waals surface area contributed by atoms with Crippen LogP contribution >= 0.6 is 0 Å². The first kappa shape index (κ1) is 18.3. The fraction of sp³-hybridized carbons (Fsp3) is 0.636. The molecule has 1 aromatic carbocycles. The molecule has 0 spiro atoms. The minimum atomic E-state index is -0.667. The van der Waals surface area contributed by atoms with Crippen LogP contribution in [-0.4, -0.2) is 31.6 Å². The number of nitrogens with one attached hydrogen (secondary N) is 1. The van der Waals surface area contributed by atoms with Crippen molar-refractivity contribution in [2.24, 2.45) is 17.8 Å². The summed E-state index contributed by atoms with van der Waals surface area (Å²) in [5.41, 5.74) is 1.81. The number of ether oxygens (including phenoxy) is 2. The molecule has 1 amide bonds. The third kappa shape index (κ3) is 3.69. The maximum atomic E-state index is 12.0. The van der Waals surface area contributed by atoms with Crippen LogP contribution in [0, 0.1) is 17.8 Å². The van der Waals surface area contributed by atoms with E-state index in [1.165, 1.54) is 51.2 Å². The van der Waals surface area contributed by atoms with Gasteiger partial charge in [0.15, 0.2) is 6.10 Å². The molecule has 4 aliphatic carbocycles. The van der Waals surface area contributed by atoms with E-state index >= 15 is 0 Å². The first-order valence-corrected chi connectivity index (χ1v) is 10.1. The number of carbonyl (C=O) groups excluding carboxylic acids is 2. The van der Waals surface area contributed by atoms with E-state index in [1.54, 1.807) is 6.92 Å². The van der Waals surface area contributed by atoms with Crippen molar-refractivity contribution in [2.45, 2.75) is 57.0 Å². The maximum absolute atomic E-state index is 12.0. The lowest BCUT2D eigenvalue weighted by Gasteiger charge is -2.57. The van der Waals surface area contributed by atoms with Gasteiger partial charge in [-0.15, -0.1) is 0 Å². The molecule has 4 aliphatic rings. The van der Waals surface area contributed by atoms with Crippen LogP contribution in [0.1, 0.15) is 51.0 Å². The predicted molar refractivity (Wildman–Crippen MR) is 101 cm³/mol. The van der Waals surface area contributed by atoms with Crippen molar-refractivity contribution in [1.82, 2.24) is 5.32 Å². The highest BCUT2D eigenvalue weighted by molar-refractivity contribution is 5.84. The van der Waals surface area contributed by atoms with E-state index in [9.17, 15) is 9.59 Å². The zero-order valence-corrected chi connectivity index (χ0v) is 16.2. The molecule has 1 N–H and O–H groups in total. The van der Waals surface area contributed by atoms with E-state index in [2.05, 4.69) is 22.2 Å². The molecule has 0 aromatic heterocycles. The van der Waals surface area contributed by atoms with Crippen LogP contribution in [0.25, 0.3) is 0 Å². The summed E-state index contributed by atoms with van der Waals surface area (Å²) in [6.45, 7) is 1.54. The van der Waals surface area contributed by atoms with Gasteiger partial charge in [0.2, 0.25) is 0 Å². The topological polar surface area (TPSA) is 64.6 Å². The smallest absolute Gasteiger partial charge is 0.325 e. The molecule has 146 valence electrons. The molecule has 1 atom stereocenters. The van der Waals surface area contributed by atoms with E-state index in [-0.39, 0.29) is 12.5 Å². The van der Waals surface area contributed by atoms with Crippen LogP contribution in [0.2, 0.25) is 0 Å². The van der Waals surface area contributed by atoms with E-state index < -0.39 is 12.1 Å². The monoisotopic (exact) mass is 371 g/mol. The lowest BCUT2D eigenvalue weighted by atomic mass is 9.48. The zero-order valence-electron chi connectivity index (χ0n) is 16.2. The van der Waals surface area contributed by atoms with Crippen molar-refractivity contribution in [1.29, 1.82) is 0 Å². The minimum absolute atomic E-state index is 0.145. The summed E-state index contributed by atoms with van der Waals surface area (Å²) in [6.07, 6.45) is 7.68. The molecule has 5 heteroatoms. The zero-order chi connectivity index (χ0) is 19.0. The van der Waals surface area contributed by atoms with Crippen LogP contribution in [-0.2, 0) is 19.7 Å². The van der Waals surface area contributed by atoms with E-state index in [1.807, 2.05) is 12.1 Å². The number of amides is 1. The Morgan fingerprint density at radius 1 is 1.07 bits per heavy atom. The summed E-state index contributed by atoms with van der Waals surface area (Å²) < 4.78 is 10.3. The molecule has 0 aliphatic heterocycles. The number of methoxy groups -OCH3 is 1. The average Bonchev–Trinajstić information content (AvgIpc) is 2.65. The Kier molecular flexibility index (Phi) is 4.87. The molecule has 4 bridgehead atoms. The summed E-state index contributed by atoms with van der Waals surface area (Å²) >= 11 is 0. The van der Waals surface area contributed by atoms with Gasteiger partial charge in [0.05, 0.1) is 7.11 Å². The van der Waals surface area contributed by atoms with Gasteiger partial charge >= 0.3 is 5.97 Å². The highest BCUT2D eigenvalue weighted by Crippen LogP contribution is 2.60. The molecular weight excluding hydrogens is 342 g/mol. The molecule has 0 heterocycles. The first-order valence-electron chi connectivity index (χ1n) is 10.1. The molecule has 4 saturated carbocycles. The van der Waals surface area contributed by atoms with Crippen molar-refractivity contribution in [3.05, 3.63) is 29.8 Å². The van der Waals surface area contributed by atoms with Gasteiger partial charge in [-0.05, 0) is 86.3 Å². The Labute approximate surface area is 160 Å². The van der Waals surface area contributed by atoms with Gasteiger partial charge in [-0.25, -0.2) is 0 Å². The SMILES string of the molecule is COC(=O)CNC(=O)[C@H](C)Oc1ccc(C23CC4CC(CC(C4)C2)C3)cc1. The van der Waals surface area contributed by atoms with E-state index in [0.29, 0.717) is 11.2 Å². The third-order valence-corrected chi connectivity index (χ3v) is 6.82. The fourth-order valence-corrected chi connectivity index (χ4v) is 5.98. The van der Waals surface area contributed by atoms with Crippen molar-refractivity contribution in [3.8, 4) is 5.75 Å². The lowest BCUT2D eigenvalue weighted by molar-refractivity contribution is -0.141. The normalized spacial score (nSPS) is 32.0. The van der Waals surface area contributed by atoms with E-state index in [4.69, 9.17) is 4.74 Å². The number of hydrogen-bond acceptors (Lipinski definition) is 4. The van der Waals surface area contributed by atoms with Crippen molar-refractivity contribution in [3.63, 3.8) is 0 Å². The Balaban J connectivity index is 1.38. The quantitative estimate of drug-likeness (QED) is 0.780. The fourth-order valence-electron chi connectivity index (χ4n) is 5.98. The number of esters is 1. The van der Waals surface area contributed by atoms with Gasteiger partial charge in [-0.3, -0.25) is 9.59 Å². The van der Waals surface area contributed by atoms with E-state index in [0.717, 1.165) is 17.8 Å². The van der Waals surface area contributed by atoms with Crippen molar-refractivity contribution < 1.29 is 19.1 Å². The molecule has 0 unspecified atom stereocenters. The first-order chi connectivity index (χ1) is 13.0. The summed E-state index contributed by atoms with van der Waals surface area (Å²) in [4.78, 5) is 23.1. The highest BCUT2D eigenvalue weighted by Gasteiger charge is 2.51. The minimum Gasteiger partial charge on any atom is -0.481 e. The highest BCUT2D eigenvalue weighted by atomic mass is 16.5. The van der Waals surface area contributed by atoms with Crippen LogP contribution in [0.5, 0.6) is 5.75 Å². The third-order valence-electron chi connectivity index (χ3n) is 6.82. The average molecular weight is 371 g/mol. The van der Waals surface area contributed by atoms with Crippen molar-refractivity contribution >= 4 is 11.9 Å². The van der Waals surface area contributed by atoms with Crippen molar-refractivity contribution in [2.75, 3.05) is 13.7 Å². The second kappa shape index (κ2) is 7.17. The van der Waals surface area contributed by atoms with Gasteiger partial charge < -0.3 is 14.8 Å². The largest absolute Gasteiger partial charge is 0.481 e. The Morgan fingerprint density at radius 3 is 2.15 bits per heavy atom. The van der Waals surface area contributed by atoms with Crippen LogP contribution in [0.15, 0.2) is 24.3 Å². The molecule has 27 heavy (non-hydrogen) atoms. The summed E-state index contributed by atoms with van der Waals surface area (Å²) in [5, 5.41) is 2.52. The van der Waals surface area contributed by atoms with Crippen LogP contribution < -0.4 is 10.1 Å². The molecule has 5 rings (SSSR count). The molecular formula is C22H29NO4. The number of carbonyl (C=O) groups is 2. The number of rotatable bonds is 6. The summed E-state index contributed by atoms with van der Waals surface area (Å²) in [7, 11) is 1.29. The molecule has 4 fully saturated rings. The predicted octanol–water partition coefficient (Wildman–Crippen LogP) is 3.21. The Morgan fingerprint density at radius 2 is 1.63 bits per heavy atom. The van der Waals surface area contributed by atoms with Gasteiger partial charge in [0.25, 0.3) is 5.91 Å². The lowest BCUT2D eigenvalue weighted by Crippen LogP contribution is -2.48. The molecule has 0 saturated heterocycles. The van der Waals surface area contributed by atoms with Gasteiger partial charge in [0, 0.05) is 0 Å².